The van der Waals surface area contributed by atoms with Gasteiger partial charge in [-0.3, -0.25) is 0 Å². The Morgan fingerprint density at radius 2 is 0.713 bits per heavy atom. The summed E-state index contributed by atoms with van der Waals surface area (Å²) in [5.41, 5.74) is 22.7. The van der Waals surface area contributed by atoms with E-state index < -0.39 is 0 Å². The maximum absolute atomic E-state index is 2.60. The molecule has 0 aliphatic heterocycles. The third-order valence-corrected chi connectivity index (χ3v) is 17.3. The molecule has 0 unspecified atom stereocenters. The summed E-state index contributed by atoms with van der Waals surface area (Å²) in [7, 11) is 0. The Kier molecular flexibility index (Phi) is 13.2. The molecular weight excluding hydrogens is 965 g/mol. The minimum absolute atomic E-state index is 0.0329. The van der Waals surface area contributed by atoms with Gasteiger partial charge in [-0.25, -0.2) is 0 Å². The van der Waals surface area contributed by atoms with Gasteiger partial charge in [0.15, 0.2) is 0 Å². The van der Waals surface area contributed by atoms with Crippen LogP contribution in [-0.2, 0) is 10.8 Å². The van der Waals surface area contributed by atoms with Gasteiger partial charge in [-0.05, 0) is 171 Å². The molecule has 1 aromatic heterocycles. The van der Waals surface area contributed by atoms with Gasteiger partial charge >= 0.3 is 0 Å². The van der Waals surface area contributed by atoms with Crippen LogP contribution in [-0.4, -0.2) is 4.57 Å². The van der Waals surface area contributed by atoms with E-state index in [-0.39, 0.29) is 16.7 Å². The van der Waals surface area contributed by atoms with Crippen molar-refractivity contribution < 1.29 is 0 Å². The van der Waals surface area contributed by atoms with E-state index in [0.717, 1.165) is 17.1 Å². The fraction of sp³-hybridized carbons (Fsp3) is 0.256. The van der Waals surface area contributed by atoms with Crippen molar-refractivity contribution in [2.24, 2.45) is 0 Å². The van der Waals surface area contributed by atoms with Gasteiger partial charge in [0.2, 0.25) is 0 Å². The standard InChI is InChI=1S/C78H78N2/c1-47(2)55-35-56(48(3)4)37-59(36-55)61-39-58(50(7)8)43-66(45-61)79(65-42-57(49(5)6)38-60(44-65)51-23-25-52(26-24-51)62-40-63(77(9,10)11)46-64(41-62)78(12,13)14)73-33-29-53-28-32-70-74(34-30-54-27-31-69(73)75(53)76(54)70)80-71-21-17-15-19-67(71)68-20-16-18-22-72(68)80/h15-50H,1-14H3. The van der Waals surface area contributed by atoms with Crippen molar-refractivity contribution >= 4 is 71.2 Å². The predicted molar refractivity (Wildman–Crippen MR) is 349 cm³/mol. The maximum Gasteiger partial charge on any atom is 0.0541 e. The first-order chi connectivity index (χ1) is 38.2. The van der Waals surface area contributed by atoms with Crippen molar-refractivity contribution in [3.8, 4) is 39.1 Å². The summed E-state index contributed by atoms with van der Waals surface area (Å²) in [6.45, 7) is 32.6. The molecule has 0 aliphatic carbocycles. The van der Waals surface area contributed by atoms with Gasteiger partial charge in [0.05, 0.1) is 22.4 Å². The Labute approximate surface area is 476 Å². The van der Waals surface area contributed by atoms with E-state index in [2.05, 4.69) is 301 Å². The Morgan fingerprint density at radius 1 is 0.325 bits per heavy atom. The van der Waals surface area contributed by atoms with Gasteiger partial charge in [0.1, 0.15) is 0 Å². The molecule has 0 fully saturated rings. The molecule has 11 aromatic carbocycles. The van der Waals surface area contributed by atoms with E-state index in [1.54, 1.807) is 0 Å². The van der Waals surface area contributed by atoms with Gasteiger partial charge in [-0.15, -0.1) is 0 Å². The molecule has 0 amide bonds. The fourth-order valence-electron chi connectivity index (χ4n) is 12.3. The van der Waals surface area contributed by atoms with Crippen molar-refractivity contribution in [2.75, 3.05) is 4.90 Å². The highest BCUT2D eigenvalue weighted by atomic mass is 15.1. The molecule has 2 nitrogen and oxygen atoms in total. The molecule has 80 heavy (non-hydrogen) atoms. The fourth-order valence-corrected chi connectivity index (χ4v) is 12.3. The number of nitrogens with zero attached hydrogens (tertiary/aromatic N) is 2. The predicted octanol–water partition coefficient (Wildman–Crippen LogP) is 23.2. The zero-order chi connectivity index (χ0) is 56.1. The molecule has 0 saturated carbocycles. The lowest BCUT2D eigenvalue weighted by Crippen LogP contribution is -2.16. The summed E-state index contributed by atoms with van der Waals surface area (Å²) in [6, 6.07) is 75.3. The monoisotopic (exact) mass is 1040 g/mol. The molecular formula is C78H78N2. The molecule has 400 valence electrons. The molecule has 2 heteroatoms. The highest BCUT2D eigenvalue weighted by molar-refractivity contribution is 6.27. The molecule has 0 spiro atoms. The van der Waals surface area contributed by atoms with E-state index >= 15 is 0 Å². The van der Waals surface area contributed by atoms with Crippen LogP contribution in [0.5, 0.6) is 0 Å². The minimum atomic E-state index is 0.0329. The average molecular weight is 1040 g/mol. The SMILES string of the molecule is CC(C)c1cc(-c2cc(C(C)C)cc(N(c3cc(-c4ccc(-c5cc(C(C)(C)C)cc(C(C)(C)C)c5)cc4)cc(C(C)C)c3)c3ccc4ccc5c(-n6c7ccccc7c7ccccc76)ccc6ccc3c4c65)c2)cc(C(C)C)c1. The first-order valence-electron chi connectivity index (χ1n) is 29.4. The summed E-state index contributed by atoms with van der Waals surface area (Å²) >= 11 is 0. The van der Waals surface area contributed by atoms with Gasteiger partial charge in [-0.1, -0.05) is 243 Å². The third kappa shape index (κ3) is 9.45. The minimum Gasteiger partial charge on any atom is -0.310 e. The van der Waals surface area contributed by atoms with Crippen LogP contribution in [0.25, 0.3) is 93.2 Å². The summed E-state index contributed by atoms with van der Waals surface area (Å²) < 4.78 is 2.49. The van der Waals surface area contributed by atoms with Gasteiger partial charge in [0, 0.05) is 32.9 Å². The topological polar surface area (TPSA) is 8.17 Å². The van der Waals surface area contributed by atoms with Crippen LogP contribution in [0.4, 0.5) is 17.1 Å². The Balaban J connectivity index is 1.10. The second-order valence-electron chi connectivity index (χ2n) is 26.3. The van der Waals surface area contributed by atoms with E-state index in [9.17, 15) is 0 Å². The lowest BCUT2D eigenvalue weighted by molar-refractivity contribution is 0.569. The highest BCUT2D eigenvalue weighted by Crippen LogP contribution is 2.49. The van der Waals surface area contributed by atoms with Crippen molar-refractivity contribution in [3.05, 3.63) is 228 Å². The van der Waals surface area contributed by atoms with E-state index in [4.69, 9.17) is 0 Å². The van der Waals surface area contributed by atoms with Crippen LogP contribution in [0.3, 0.4) is 0 Å². The molecule has 1 heterocycles. The largest absolute Gasteiger partial charge is 0.310 e. The smallest absolute Gasteiger partial charge is 0.0541 e. The number of benzene rings is 11. The maximum atomic E-state index is 2.60. The molecule has 0 atom stereocenters. The number of fused-ring (bicyclic) bond motifs is 3. The molecule has 0 bridgehead atoms. The number of hydrogen-bond donors (Lipinski definition) is 0. The number of rotatable bonds is 11. The molecule has 0 saturated heterocycles. The zero-order valence-electron chi connectivity index (χ0n) is 49.7. The lowest BCUT2D eigenvalue weighted by Gasteiger charge is -2.30. The molecule has 0 aliphatic rings. The molecule has 12 rings (SSSR count). The summed E-state index contributed by atoms with van der Waals surface area (Å²) in [4.78, 5) is 2.60. The van der Waals surface area contributed by atoms with Crippen LogP contribution < -0.4 is 4.90 Å². The van der Waals surface area contributed by atoms with Crippen LogP contribution in [0.1, 0.15) is 154 Å². The van der Waals surface area contributed by atoms with Gasteiger partial charge in [-0.2, -0.15) is 0 Å². The van der Waals surface area contributed by atoms with Crippen molar-refractivity contribution in [3.63, 3.8) is 0 Å². The second kappa shape index (κ2) is 20.0. The molecule has 0 N–H and O–H groups in total. The van der Waals surface area contributed by atoms with Crippen LogP contribution in [0.15, 0.2) is 194 Å². The third-order valence-electron chi connectivity index (χ3n) is 17.3. The van der Waals surface area contributed by atoms with Crippen LogP contribution in [0.2, 0.25) is 0 Å². The Bertz CT molecular complexity index is 4200. The summed E-state index contributed by atoms with van der Waals surface area (Å²) in [6.07, 6.45) is 0. The van der Waals surface area contributed by atoms with Crippen LogP contribution in [0, 0.1) is 0 Å². The van der Waals surface area contributed by atoms with Gasteiger partial charge < -0.3 is 9.47 Å². The average Bonchev–Trinajstić information content (AvgIpc) is 3.78. The normalized spacial score (nSPS) is 12.6. The molecule has 0 radical (unpaired) electrons. The van der Waals surface area contributed by atoms with Crippen LogP contribution >= 0.6 is 0 Å². The Hall–Kier alpha value is -7.94. The lowest BCUT2D eigenvalue weighted by atomic mass is 9.79. The second-order valence-corrected chi connectivity index (χ2v) is 26.3. The zero-order valence-corrected chi connectivity index (χ0v) is 49.7. The van der Waals surface area contributed by atoms with E-state index in [1.165, 1.54) is 127 Å². The number of anilines is 3. The Morgan fingerprint density at radius 3 is 1.19 bits per heavy atom. The first kappa shape index (κ1) is 52.7. The quantitative estimate of drug-likeness (QED) is 0.117. The van der Waals surface area contributed by atoms with Crippen molar-refractivity contribution in [2.45, 2.75) is 131 Å². The van der Waals surface area contributed by atoms with E-state index in [1.807, 2.05) is 0 Å². The number of hydrogen-bond acceptors (Lipinski definition) is 1. The summed E-state index contributed by atoms with van der Waals surface area (Å²) in [5.74, 6) is 1.40. The van der Waals surface area contributed by atoms with Crippen molar-refractivity contribution in [1.29, 1.82) is 0 Å². The van der Waals surface area contributed by atoms with Crippen molar-refractivity contribution in [1.82, 2.24) is 4.57 Å². The number of para-hydroxylation sites is 2. The highest BCUT2D eigenvalue weighted by Gasteiger charge is 2.25. The van der Waals surface area contributed by atoms with E-state index in [0.29, 0.717) is 17.8 Å². The summed E-state index contributed by atoms with van der Waals surface area (Å²) in [5, 5.41) is 10.1. The first-order valence-corrected chi connectivity index (χ1v) is 29.4. The van der Waals surface area contributed by atoms with Gasteiger partial charge in [0.25, 0.3) is 0 Å². The molecule has 12 aromatic rings. The number of aromatic nitrogens is 1.